The minimum atomic E-state index is 0.371. The van der Waals surface area contributed by atoms with Crippen LogP contribution < -0.4 is 10.5 Å². The molecular weight excluding hydrogens is 166 g/mol. The Labute approximate surface area is 78.1 Å². The van der Waals surface area contributed by atoms with E-state index in [4.69, 9.17) is 10.5 Å². The van der Waals surface area contributed by atoms with Gasteiger partial charge in [-0.25, -0.2) is 4.98 Å². The Morgan fingerprint density at radius 2 is 2.31 bits per heavy atom. The molecule has 0 radical (unpaired) electrons. The van der Waals surface area contributed by atoms with E-state index in [9.17, 15) is 0 Å². The first kappa shape index (κ1) is 9.77. The van der Waals surface area contributed by atoms with Crippen molar-refractivity contribution in [1.82, 2.24) is 9.97 Å². The molecule has 0 unspecified atom stereocenters. The van der Waals surface area contributed by atoms with E-state index in [1.54, 1.807) is 12.3 Å². The highest BCUT2D eigenvalue weighted by molar-refractivity contribution is 5.26. The zero-order valence-electron chi connectivity index (χ0n) is 7.86. The Hall–Kier alpha value is -1.32. The maximum atomic E-state index is 5.46. The van der Waals surface area contributed by atoms with Crippen LogP contribution in [0, 0.1) is 0 Å². The van der Waals surface area contributed by atoms with Crippen molar-refractivity contribution in [3.05, 3.63) is 12.3 Å². The van der Waals surface area contributed by atoms with Gasteiger partial charge in [-0.15, -0.1) is 0 Å². The summed E-state index contributed by atoms with van der Waals surface area (Å²) >= 11 is 0. The molecule has 0 fully saturated rings. The van der Waals surface area contributed by atoms with Crippen molar-refractivity contribution in [1.29, 1.82) is 0 Å². The largest absolute Gasteiger partial charge is 0.463 e. The predicted molar refractivity (Wildman–Crippen MR) is 51.5 cm³/mol. The van der Waals surface area contributed by atoms with E-state index in [0.29, 0.717) is 18.4 Å². The number of nitrogens with zero attached hydrogens (tertiary/aromatic N) is 2. The number of nitrogen functional groups attached to an aromatic ring is 1. The lowest BCUT2D eigenvalue weighted by Gasteiger charge is -2.02. The fraction of sp³-hybridized carbons (Fsp3) is 0.556. The number of nitrogens with two attached hydrogens (primary N) is 1. The molecule has 0 spiro atoms. The minimum absolute atomic E-state index is 0.371. The fourth-order valence-electron chi connectivity index (χ4n) is 0.939. The van der Waals surface area contributed by atoms with Gasteiger partial charge >= 0.3 is 6.01 Å². The van der Waals surface area contributed by atoms with Crippen LogP contribution in [0.2, 0.25) is 0 Å². The maximum Gasteiger partial charge on any atom is 0.318 e. The molecule has 2 N–H and O–H groups in total. The van der Waals surface area contributed by atoms with E-state index in [0.717, 1.165) is 6.42 Å². The van der Waals surface area contributed by atoms with Gasteiger partial charge in [-0.1, -0.05) is 19.8 Å². The van der Waals surface area contributed by atoms with Crippen molar-refractivity contribution in [2.75, 3.05) is 12.3 Å². The van der Waals surface area contributed by atoms with Crippen molar-refractivity contribution >= 4 is 5.82 Å². The smallest absolute Gasteiger partial charge is 0.318 e. The first-order valence-corrected chi connectivity index (χ1v) is 4.54. The van der Waals surface area contributed by atoms with Crippen LogP contribution in [0.5, 0.6) is 6.01 Å². The number of ether oxygens (including phenoxy) is 1. The molecule has 0 atom stereocenters. The lowest BCUT2D eigenvalue weighted by atomic mass is 10.3. The van der Waals surface area contributed by atoms with E-state index in [2.05, 4.69) is 16.9 Å². The highest BCUT2D eigenvalue weighted by Gasteiger charge is 1.96. The molecule has 0 bridgehead atoms. The van der Waals surface area contributed by atoms with E-state index in [1.807, 2.05) is 0 Å². The Morgan fingerprint density at radius 3 is 3.00 bits per heavy atom. The first-order valence-electron chi connectivity index (χ1n) is 4.54. The van der Waals surface area contributed by atoms with Crippen LogP contribution in [0.1, 0.15) is 26.2 Å². The van der Waals surface area contributed by atoms with Crippen LogP contribution in [-0.4, -0.2) is 16.6 Å². The highest BCUT2D eigenvalue weighted by atomic mass is 16.5. The molecule has 1 aromatic rings. The third-order valence-corrected chi connectivity index (χ3v) is 1.63. The SMILES string of the molecule is CCCCCOc1nccc(N)n1. The van der Waals surface area contributed by atoms with Gasteiger partial charge in [-0.05, 0) is 12.5 Å². The molecule has 72 valence electrons. The summed E-state index contributed by atoms with van der Waals surface area (Å²) in [5, 5.41) is 0. The van der Waals surface area contributed by atoms with E-state index in [-0.39, 0.29) is 0 Å². The molecule has 0 aromatic carbocycles. The van der Waals surface area contributed by atoms with Crippen LogP contribution in [0.15, 0.2) is 12.3 Å². The topological polar surface area (TPSA) is 61.0 Å². The Morgan fingerprint density at radius 1 is 1.46 bits per heavy atom. The third kappa shape index (κ3) is 3.73. The van der Waals surface area contributed by atoms with Crippen LogP contribution in [0.4, 0.5) is 5.82 Å². The zero-order chi connectivity index (χ0) is 9.52. The zero-order valence-corrected chi connectivity index (χ0v) is 7.86. The summed E-state index contributed by atoms with van der Waals surface area (Å²) in [4.78, 5) is 7.84. The summed E-state index contributed by atoms with van der Waals surface area (Å²) in [7, 11) is 0. The van der Waals surface area contributed by atoms with Crippen molar-refractivity contribution in [3.63, 3.8) is 0 Å². The fourth-order valence-corrected chi connectivity index (χ4v) is 0.939. The van der Waals surface area contributed by atoms with Crippen molar-refractivity contribution in [3.8, 4) is 6.01 Å². The number of hydrogen-bond acceptors (Lipinski definition) is 4. The van der Waals surface area contributed by atoms with E-state index >= 15 is 0 Å². The lowest BCUT2D eigenvalue weighted by molar-refractivity contribution is 0.283. The van der Waals surface area contributed by atoms with Gasteiger partial charge in [0.05, 0.1) is 6.61 Å². The average Bonchev–Trinajstić information content (AvgIpc) is 2.13. The van der Waals surface area contributed by atoms with Crippen LogP contribution in [-0.2, 0) is 0 Å². The minimum Gasteiger partial charge on any atom is -0.463 e. The molecule has 13 heavy (non-hydrogen) atoms. The molecule has 0 saturated heterocycles. The van der Waals surface area contributed by atoms with Crippen LogP contribution in [0.25, 0.3) is 0 Å². The molecular formula is C9H15N3O. The molecule has 0 aliphatic rings. The molecule has 1 heterocycles. The second kappa shape index (κ2) is 5.35. The number of aromatic nitrogens is 2. The summed E-state index contributed by atoms with van der Waals surface area (Å²) in [6.07, 6.45) is 4.98. The second-order valence-electron chi connectivity index (χ2n) is 2.82. The van der Waals surface area contributed by atoms with E-state index in [1.165, 1.54) is 12.8 Å². The molecule has 1 rings (SSSR count). The van der Waals surface area contributed by atoms with Crippen LogP contribution >= 0.6 is 0 Å². The molecule has 0 saturated carbocycles. The molecule has 0 amide bonds. The molecule has 0 aliphatic carbocycles. The van der Waals surface area contributed by atoms with Crippen molar-refractivity contribution < 1.29 is 4.74 Å². The average molecular weight is 181 g/mol. The summed E-state index contributed by atoms with van der Waals surface area (Å²) < 4.78 is 5.29. The second-order valence-corrected chi connectivity index (χ2v) is 2.82. The Bertz CT molecular complexity index is 252. The number of unbranched alkanes of at least 4 members (excludes halogenated alkanes) is 2. The predicted octanol–water partition coefficient (Wildman–Crippen LogP) is 1.63. The van der Waals surface area contributed by atoms with Crippen molar-refractivity contribution in [2.45, 2.75) is 26.2 Å². The van der Waals surface area contributed by atoms with Gasteiger partial charge in [0.15, 0.2) is 0 Å². The van der Waals surface area contributed by atoms with Crippen LogP contribution in [0.3, 0.4) is 0 Å². The Kier molecular flexibility index (Phi) is 4.02. The van der Waals surface area contributed by atoms with Gasteiger partial charge in [0.2, 0.25) is 0 Å². The summed E-state index contributed by atoms with van der Waals surface area (Å²) in [5.74, 6) is 0.445. The maximum absolute atomic E-state index is 5.46. The summed E-state index contributed by atoms with van der Waals surface area (Å²) in [6.45, 7) is 2.81. The molecule has 4 nitrogen and oxygen atoms in total. The van der Waals surface area contributed by atoms with Gasteiger partial charge in [-0.3, -0.25) is 0 Å². The normalized spacial score (nSPS) is 9.92. The number of anilines is 1. The third-order valence-electron chi connectivity index (χ3n) is 1.63. The summed E-state index contributed by atoms with van der Waals surface area (Å²) in [5.41, 5.74) is 5.46. The van der Waals surface area contributed by atoms with Crippen molar-refractivity contribution in [2.24, 2.45) is 0 Å². The highest BCUT2D eigenvalue weighted by Crippen LogP contribution is 2.04. The van der Waals surface area contributed by atoms with E-state index < -0.39 is 0 Å². The number of hydrogen-bond donors (Lipinski definition) is 1. The molecule has 4 heteroatoms. The standard InChI is InChI=1S/C9H15N3O/c1-2-3-4-7-13-9-11-6-5-8(10)12-9/h5-6H,2-4,7H2,1H3,(H2,10,11,12). The quantitative estimate of drug-likeness (QED) is 0.701. The number of rotatable bonds is 5. The van der Waals surface area contributed by atoms with Gasteiger partial charge in [-0.2, -0.15) is 4.98 Å². The van der Waals surface area contributed by atoms with Gasteiger partial charge in [0.1, 0.15) is 5.82 Å². The van der Waals surface area contributed by atoms with Gasteiger partial charge < -0.3 is 10.5 Å². The molecule has 1 aromatic heterocycles. The first-order chi connectivity index (χ1) is 6.33. The van der Waals surface area contributed by atoms with Gasteiger partial charge in [0, 0.05) is 6.20 Å². The Balaban J connectivity index is 2.28. The summed E-state index contributed by atoms with van der Waals surface area (Å²) in [6, 6.07) is 2.01. The lowest BCUT2D eigenvalue weighted by Crippen LogP contribution is -2.02. The monoisotopic (exact) mass is 181 g/mol. The molecule has 0 aliphatic heterocycles. The van der Waals surface area contributed by atoms with Gasteiger partial charge in [0.25, 0.3) is 0 Å².